The van der Waals surface area contributed by atoms with Crippen LogP contribution in [0.25, 0.3) is 10.9 Å². The Morgan fingerprint density at radius 2 is 2.03 bits per heavy atom. The molecule has 0 saturated heterocycles. The van der Waals surface area contributed by atoms with Crippen molar-refractivity contribution in [2.45, 2.75) is 36.8 Å². The molecule has 1 atom stereocenters. The highest BCUT2D eigenvalue weighted by Gasteiger charge is 2.29. The standard InChI is InChI=1S/C21H25FN4O4S/c1-13-9-14(3-7-19(13)22)23-21-18-10-17(31(29,30)25(2)11-16(28)12-27)6-8-20(18)26(24-21)15-4-5-15/h3,6-10,15-16,27-28H,4-5,11-12H2,1-2H3,(H,23,24). The van der Waals surface area contributed by atoms with Crippen LogP contribution in [-0.4, -0.2) is 59.0 Å². The topological polar surface area (TPSA) is 108 Å². The zero-order valence-electron chi connectivity index (χ0n) is 17.3. The van der Waals surface area contributed by atoms with Crippen molar-refractivity contribution in [3.63, 3.8) is 0 Å². The van der Waals surface area contributed by atoms with Gasteiger partial charge in [-0.15, -0.1) is 0 Å². The molecule has 1 unspecified atom stereocenters. The summed E-state index contributed by atoms with van der Waals surface area (Å²) in [7, 11) is -2.53. The van der Waals surface area contributed by atoms with Crippen LogP contribution in [0.2, 0.25) is 0 Å². The van der Waals surface area contributed by atoms with Gasteiger partial charge in [0.1, 0.15) is 5.82 Å². The fourth-order valence-electron chi connectivity index (χ4n) is 3.46. The number of hydrogen-bond acceptors (Lipinski definition) is 6. The lowest BCUT2D eigenvalue weighted by Gasteiger charge is -2.19. The lowest BCUT2D eigenvalue weighted by atomic mass is 10.2. The lowest BCUT2D eigenvalue weighted by Crippen LogP contribution is -2.35. The highest BCUT2D eigenvalue weighted by molar-refractivity contribution is 7.89. The van der Waals surface area contributed by atoms with E-state index in [1.54, 1.807) is 31.2 Å². The maximum atomic E-state index is 13.6. The second-order valence-corrected chi connectivity index (χ2v) is 9.96. The Morgan fingerprint density at radius 1 is 1.29 bits per heavy atom. The molecule has 0 radical (unpaired) electrons. The van der Waals surface area contributed by atoms with Gasteiger partial charge in [0.05, 0.1) is 29.2 Å². The first-order valence-electron chi connectivity index (χ1n) is 10.0. The molecule has 1 aliphatic rings. The Balaban J connectivity index is 1.75. The van der Waals surface area contributed by atoms with E-state index < -0.39 is 22.7 Å². The summed E-state index contributed by atoms with van der Waals surface area (Å²) in [6, 6.07) is 9.72. The van der Waals surface area contributed by atoms with E-state index in [9.17, 15) is 17.9 Å². The average molecular weight is 449 g/mol. The number of nitrogens with zero attached hydrogens (tertiary/aromatic N) is 3. The number of hydrogen-bond donors (Lipinski definition) is 3. The largest absolute Gasteiger partial charge is 0.394 e. The molecule has 1 aliphatic carbocycles. The molecular weight excluding hydrogens is 423 g/mol. The van der Waals surface area contributed by atoms with E-state index in [4.69, 9.17) is 5.11 Å². The number of anilines is 2. The maximum Gasteiger partial charge on any atom is 0.242 e. The number of sulfonamides is 1. The summed E-state index contributed by atoms with van der Waals surface area (Å²) >= 11 is 0. The number of aliphatic hydroxyl groups excluding tert-OH is 2. The molecule has 3 aromatic rings. The Hall–Kier alpha value is -2.53. The number of halogens is 1. The van der Waals surface area contributed by atoms with Gasteiger partial charge < -0.3 is 15.5 Å². The molecule has 1 saturated carbocycles. The molecule has 1 fully saturated rings. The minimum atomic E-state index is -3.89. The monoisotopic (exact) mass is 448 g/mol. The normalized spacial score (nSPS) is 15.5. The second-order valence-electron chi connectivity index (χ2n) is 7.91. The zero-order valence-corrected chi connectivity index (χ0v) is 18.1. The first kappa shape index (κ1) is 21.7. The van der Waals surface area contributed by atoms with Gasteiger partial charge in [-0.05, 0) is 61.7 Å². The van der Waals surface area contributed by atoms with Crippen molar-refractivity contribution in [3.8, 4) is 0 Å². The molecular formula is C21H25FN4O4S. The third-order valence-corrected chi connectivity index (χ3v) is 7.20. The van der Waals surface area contributed by atoms with Crippen molar-refractivity contribution < 1.29 is 23.0 Å². The number of likely N-dealkylation sites (N-methyl/N-ethyl adjacent to an activating group) is 1. The first-order chi connectivity index (χ1) is 14.7. The SMILES string of the molecule is Cc1cc(Nc2nn(C3CC3)c3ccc(S(=O)(=O)N(C)CC(O)CO)cc23)ccc1F. The number of aryl methyl sites for hydroxylation is 1. The number of aromatic nitrogens is 2. The third-order valence-electron chi connectivity index (χ3n) is 5.38. The van der Waals surface area contributed by atoms with Gasteiger partial charge in [-0.2, -0.15) is 9.40 Å². The van der Waals surface area contributed by atoms with Crippen LogP contribution < -0.4 is 5.32 Å². The van der Waals surface area contributed by atoms with E-state index in [1.807, 2.05) is 4.68 Å². The Labute approximate surface area is 180 Å². The Morgan fingerprint density at radius 3 is 2.68 bits per heavy atom. The highest BCUT2D eigenvalue weighted by Crippen LogP contribution is 2.39. The Bertz CT molecular complexity index is 1220. The highest BCUT2D eigenvalue weighted by atomic mass is 32.2. The van der Waals surface area contributed by atoms with Gasteiger partial charge >= 0.3 is 0 Å². The van der Waals surface area contributed by atoms with Gasteiger partial charge in [0.15, 0.2) is 5.82 Å². The first-order valence-corrected chi connectivity index (χ1v) is 11.5. The molecule has 1 heterocycles. The maximum absolute atomic E-state index is 13.6. The van der Waals surface area contributed by atoms with E-state index >= 15 is 0 Å². The average Bonchev–Trinajstić information content (AvgIpc) is 3.53. The molecule has 4 rings (SSSR count). The fraction of sp³-hybridized carbons (Fsp3) is 0.381. The quantitative estimate of drug-likeness (QED) is 0.489. The number of benzene rings is 2. The fourth-order valence-corrected chi connectivity index (χ4v) is 4.70. The smallest absolute Gasteiger partial charge is 0.242 e. The van der Waals surface area contributed by atoms with Crippen molar-refractivity contribution in [1.29, 1.82) is 0 Å². The van der Waals surface area contributed by atoms with Crippen molar-refractivity contribution in [2.24, 2.45) is 0 Å². The summed E-state index contributed by atoms with van der Waals surface area (Å²) in [6.07, 6.45) is 0.849. The summed E-state index contributed by atoms with van der Waals surface area (Å²) in [6.45, 7) is 0.916. The van der Waals surface area contributed by atoms with Gasteiger partial charge in [0.2, 0.25) is 10.0 Å². The summed E-state index contributed by atoms with van der Waals surface area (Å²) in [5.74, 6) is 0.184. The van der Waals surface area contributed by atoms with E-state index in [2.05, 4.69) is 10.4 Å². The van der Waals surface area contributed by atoms with Gasteiger partial charge in [0, 0.05) is 24.7 Å². The van der Waals surface area contributed by atoms with E-state index in [0.717, 1.165) is 22.7 Å². The van der Waals surface area contributed by atoms with E-state index in [0.29, 0.717) is 22.5 Å². The molecule has 1 aromatic heterocycles. The number of fused-ring (bicyclic) bond motifs is 1. The predicted molar refractivity (Wildman–Crippen MR) is 115 cm³/mol. The molecule has 0 aliphatic heterocycles. The molecule has 2 aromatic carbocycles. The van der Waals surface area contributed by atoms with Gasteiger partial charge in [-0.25, -0.2) is 12.8 Å². The summed E-state index contributed by atoms with van der Waals surface area (Å²) in [5, 5.41) is 27.1. The van der Waals surface area contributed by atoms with Crippen molar-refractivity contribution in [1.82, 2.24) is 14.1 Å². The number of rotatable bonds is 8. The molecule has 3 N–H and O–H groups in total. The zero-order chi connectivity index (χ0) is 22.3. The molecule has 166 valence electrons. The minimum Gasteiger partial charge on any atom is -0.394 e. The van der Waals surface area contributed by atoms with Crippen LogP contribution in [0, 0.1) is 12.7 Å². The molecule has 8 nitrogen and oxygen atoms in total. The molecule has 0 amide bonds. The second kappa shape index (κ2) is 8.19. The summed E-state index contributed by atoms with van der Waals surface area (Å²) in [5.41, 5.74) is 1.95. The van der Waals surface area contributed by atoms with E-state index in [-0.39, 0.29) is 23.3 Å². The summed E-state index contributed by atoms with van der Waals surface area (Å²) < 4.78 is 42.5. The van der Waals surface area contributed by atoms with Crippen molar-refractivity contribution >= 4 is 32.4 Å². The van der Waals surface area contributed by atoms with Crippen LogP contribution in [0.5, 0.6) is 0 Å². The van der Waals surface area contributed by atoms with Crippen LogP contribution in [0.15, 0.2) is 41.3 Å². The molecule has 0 spiro atoms. The van der Waals surface area contributed by atoms with Gasteiger partial charge in [-0.3, -0.25) is 4.68 Å². The third kappa shape index (κ3) is 4.29. The predicted octanol–water partition coefficient (Wildman–Crippen LogP) is 2.54. The van der Waals surface area contributed by atoms with Gasteiger partial charge in [0.25, 0.3) is 0 Å². The number of aliphatic hydroxyl groups is 2. The van der Waals surface area contributed by atoms with Crippen LogP contribution in [0.1, 0.15) is 24.4 Å². The van der Waals surface area contributed by atoms with Crippen LogP contribution in [0.4, 0.5) is 15.9 Å². The van der Waals surface area contributed by atoms with E-state index in [1.165, 1.54) is 19.2 Å². The van der Waals surface area contributed by atoms with Crippen molar-refractivity contribution in [2.75, 3.05) is 25.5 Å². The van der Waals surface area contributed by atoms with Gasteiger partial charge in [-0.1, -0.05) is 0 Å². The van der Waals surface area contributed by atoms with Crippen LogP contribution in [-0.2, 0) is 10.0 Å². The van der Waals surface area contributed by atoms with Crippen molar-refractivity contribution in [3.05, 3.63) is 47.8 Å². The molecule has 0 bridgehead atoms. The van der Waals surface area contributed by atoms with Crippen LogP contribution >= 0.6 is 0 Å². The van der Waals surface area contributed by atoms with Crippen LogP contribution in [0.3, 0.4) is 0 Å². The molecule has 31 heavy (non-hydrogen) atoms. The number of nitrogens with one attached hydrogen (secondary N) is 1. The minimum absolute atomic E-state index is 0.0568. The molecule has 10 heteroatoms. The lowest BCUT2D eigenvalue weighted by molar-refractivity contribution is 0.0826. The Kier molecular flexibility index (Phi) is 5.73. The summed E-state index contributed by atoms with van der Waals surface area (Å²) in [4.78, 5) is 0.0568.